The summed E-state index contributed by atoms with van der Waals surface area (Å²) in [5, 5.41) is 6.34. The van der Waals surface area contributed by atoms with Gasteiger partial charge in [0.15, 0.2) is 6.61 Å². The van der Waals surface area contributed by atoms with Gasteiger partial charge in [-0.25, -0.2) is 5.43 Å². The van der Waals surface area contributed by atoms with Crippen molar-refractivity contribution in [1.29, 1.82) is 0 Å². The molecule has 1 N–H and O–H groups in total. The number of aryl methyl sites for hydroxylation is 1. The zero-order valence-electron chi connectivity index (χ0n) is 14.3. The fourth-order valence-electron chi connectivity index (χ4n) is 2.44. The van der Waals surface area contributed by atoms with Crippen molar-refractivity contribution < 1.29 is 9.53 Å². The number of hydrazone groups is 1. The summed E-state index contributed by atoms with van der Waals surface area (Å²) in [6.45, 7) is 3.81. The summed E-state index contributed by atoms with van der Waals surface area (Å²) in [6.07, 6.45) is 0. The molecule has 0 saturated heterocycles. The standard InChI is InChI=1S/C21H20N2O2/c1-15-7-9-17(10-8-15)16(2)22-23-21(24)14-25-20-12-11-18-5-3-4-6-19(18)13-20/h3-13H,14H2,1-2H3,(H,23,24)/b22-16+. The third-order valence-electron chi connectivity index (χ3n) is 3.91. The van der Waals surface area contributed by atoms with Crippen LogP contribution in [0.3, 0.4) is 0 Å². The summed E-state index contributed by atoms with van der Waals surface area (Å²) in [6, 6.07) is 21.7. The van der Waals surface area contributed by atoms with E-state index >= 15 is 0 Å². The summed E-state index contributed by atoms with van der Waals surface area (Å²) in [5.41, 5.74) is 5.43. The quantitative estimate of drug-likeness (QED) is 0.566. The number of carbonyl (C=O) groups is 1. The predicted octanol–water partition coefficient (Wildman–Crippen LogP) is 4.07. The molecule has 3 aromatic rings. The van der Waals surface area contributed by atoms with Crippen molar-refractivity contribution in [2.75, 3.05) is 6.61 Å². The summed E-state index contributed by atoms with van der Waals surface area (Å²) in [4.78, 5) is 11.9. The molecule has 0 bridgehead atoms. The molecule has 0 saturated carbocycles. The third-order valence-corrected chi connectivity index (χ3v) is 3.91. The number of fused-ring (bicyclic) bond motifs is 1. The van der Waals surface area contributed by atoms with Gasteiger partial charge >= 0.3 is 0 Å². The van der Waals surface area contributed by atoms with Crippen LogP contribution in [0.5, 0.6) is 5.75 Å². The van der Waals surface area contributed by atoms with E-state index in [2.05, 4.69) is 10.5 Å². The molecular weight excluding hydrogens is 312 g/mol. The van der Waals surface area contributed by atoms with E-state index in [1.54, 1.807) is 0 Å². The molecule has 0 spiro atoms. The lowest BCUT2D eigenvalue weighted by atomic mass is 10.1. The first-order valence-electron chi connectivity index (χ1n) is 8.13. The van der Waals surface area contributed by atoms with Crippen LogP contribution in [0.25, 0.3) is 10.8 Å². The molecule has 3 rings (SSSR count). The minimum atomic E-state index is -0.292. The molecule has 0 atom stereocenters. The van der Waals surface area contributed by atoms with Gasteiger partial charge in [-0.1, -0.05) is 60.2 Å². The number of carbonyl (C=O) groups excluding carboxylic acids is 1. The molecule has 126 valence electrons. The second kappa shape index (κ2) is 7.62. The van der Waals surface area contributed by atoms with Crippen LogP contribution in [0, 0.1) is 6.92 Å². The van der Waals surface area contributed by atoms with E-state index < -0.39 is 0 Å². The lowest BCUT2D eigenvalue weighted by Crippen LogP contribution is -2.25. The Bertz CT molecular complexity index is 915. The number of nitrogens with one attached hydrogen (secondary N) is 1. The van der Waals surface area contributed by atoms with Gasteiger partial charge in [0.2, 0.25) is 0 Å². The van der Waals surface area contributed by atoms with Crippen LogP contribution in [-0.2, 0) is 4.79 Å². The summed E-state index contributed by atoms with van der Waals surface area (Å²) in [7, 11) is 0. The Kier molecular flexibility index (Phi) is 5.09. The van der Waals surface area contributed by atoms with Crippen molar-refractivity contribution in [3.63, 3.8) is 0 Å². The fraction of sp³-hybridized carbons (Fsp3) is 0.143. The maximum absolute atomic E-state index is 11.9. The fourth-order valence-corrected chi connectivity index (χ4v) is 2.44. The van der Waals surface area contributed by atoms with E-state index in [0.717, 1.165) is 22.0 Å². The van der Waals surface area contributed by atoms with E-state index in [9.17, 15) is 4.79 Å². The van der Waals surface area contributed by atoms with Crippen molar-refractivity contribution >= 4 is 22.4 Å². The molecule has 0 aromatic heterocycles. The SMILES string of the molecule is C/C(=N\NC(=O)COc1ccc2ccccc2c1)c1ccc(C)cc1. The second-order valence-corrected chi connectivity index (χ2v) is 5.90. The van der Waals surface area contributed by atoms with E-state index in [0.29, 0.717) is 5.75 Å². The van der Waals surface area contributed by atoms with E-state index in [4.69, 9.17) is 4.74 Å². The Morgan fingerprint density at radius 3 is 2.48 bits per heavy atom. The molecule has 4 nitrogen and oxygen atoms in total. The first-order chi connectivity index (χ1) is 12.1. The molecule has 4 heteroatoms. The third kappa shape index (κ3) is 4.44. The lowest BCUT2D eigenvalue weighted by Gasteiger charge is -2.07. The highest BCUT2D eigenvalue weighted by Gasteiger charge is 2.04. The number of amides is 1. The maximum atomic E-state index is 11.9. The molecule has 0 aliphatic carbocycles. The van der Waals surface area contributed by atoms with Gasteiger partial charge in [0, 0.05) is 0 Å². The molecule has 0 unspecified atom stereocenters. The van der Waals surface area contributed by atoms with Crippen LogP contribution in [-0.4, -0.2) is 18.2 Å². The maximum Gasteiger partial charge on any atom is 0.277 e. The molecule has 0 aliphatic rings. The Morgan fingerprint density at radius 1 is 1.00 bits per heavy atom. The van der Waals surface area contributed by atoms with Crippen LogP contribution >= 0.6 is 0 Å². The van der Waals surface area contributed by atoms with Crippen LogP contribution in [0.1, 0.15) is 18.1 Å². The van der Waals surface area contributed by atoms with Crippen LogP contribution in [0.15, 0.2) is 71.8 Å². The molecule has 0 fully saturated rings. The van der Waals surface area contributed by atoms with Crippen molar-refractivity contribution in [3.8, 4) is 5.75 Å². The Labute approximate surface area is 147 Å². The Morgan fingerprint density at radius 2 is 1.72 bits per heavy atom. The van der Waals surface area contributed by atoms with E-state index in [1.807, 2.05) is 80.6 Å². The smallest absolute Gasteiger partial charge is 0.277 e. The number of nitrogens with zero attached hydrogens (tertiary/aromatic N) is 1. The highest BCUT2D eigenvalue weighted by molar-refractivity contribution is 5.99. The van der Waals surface area contributed by atoms with Gasteiger partial charge in [-0.3, -0.25) is 4.79 Å². The highest BCUT2D eigenvalue weighted by atomic mass is 16.5. The van der Waals surface area contributed by atoms with Gasteiger partial charge in [0.05, 0.1) is 5.71 Å². The van der Waals surface area contributed by atoms with Gasteiger partial charge in [-0.2, -0.15) is 5.10 Å². The van der Waals surface area contributed by atoms with Gasteiger partial charge in [-0.05, 0) is 42.3 Å². The van der Waals surface area contributed by atoms with Gasteiger partial charge in [0.25, 0.3) is 5.91 Å². The molecule has 0 heterocycles. The second-order valence-electron chi connectivity index (χ2n) is 5.90. The van der Waals surface area contributed by atoms with Gasteiger partial charge in [0.1, 0.15) is 5.75 Å². The number of ether oxygens (including phenoxy) is 1. The van der Waals surface area contributed by atoms with Gasteiger partial charge < -0.3 is 4.74 Å². The molecule has 0 aliphatic heterocycles. The average Bonchev–Trinajstić information content (AvgIpc) is 2.65. The predicted molar refractivity (Wildman–Crippen MR) is 101 cm³/mol. The first-order valence-corrected chi connectivity index (χ1v) is 8.13. The molecule has 25 heavy (non-hydrogen) atoms. The minimum Gasteiger partial charge on any atom is -0.484 e. The van der Waals surface area contributed by atoms with Crippen LogP contribution < -0.4 is 10.2 Å². The summed E-state index contributed by atoms with van der Waals surface area (Å²) in [5.74, 6) is 0.368. The largest absolute Gasteiger partial charge is 0.484 e. The number of benzene rings is 3. The number of hydrogen-bond acceptors (Lipinski definition) is 3. The highest BCUT2D eigenvalue weighted by Crippen LogP contribution is 2.20. The summed E-state index contributed by atoms with van der Waals surface area (Å²) >= 11 is 0. The first kappa shape index (κ1) is 16.7. The van der Waals surface area contributed by atoms with Crippen molar-refractivity contribution in [2.24, 2.45) is 5.10 Å². The van der Waals surface area contributed by atoms with Crippen molar-refractivity contribution in [2.45, 2.75) is 13.8 Å². The number of hydrogen-bond donors (Lipinski definition) is 1. The van der Waals surface area contributed by atoms with Crippen LogP contribution in [0.4, 0.5) is 0 Å². The lowest BCUT2D eigenvalue weighted by molar-refractivity contribution is -0.123. The minimum absolute atomic E-state index is 0.0803. The van der Waals surface area contributed by atoms with E-state index in [1.165, 1.54) is 5.56 Å². The monoisotopic (exact) mass is 332 g/mol. The van der Waals surface area contributed by atoms with Gasteiger partial charge in [-0.15, -0.1) is 0 Å². The average molecular weight is 332 g/mol. The zero-order valence-corrected chi connectivity index (χ0v) is 14.3. The number of rotatable bonds is 5. The molecule has 1 amide bonds. The zero-order chi connectivity index (χ0) is 17.6. The normalized spacial score (nSPS) is 11.4. The van der Waals surface area contributed by atoms with Crippen molar-refractivity contribution in [1.82, 2.24) is 5.43 Å². The van der Waals surface area contributed by atoms with Crippen LogP contribution in [0.2, 0.25) is 0 Å². The molecular formula is C21H20N2O2. The Balaban J connectivity index is 1.56. The molecule has 0 radical (unpaired) electrons. The molecule has 3 aromatic carbocycles. The summed E-state index contributed by atoms with van der Waals surface area (Å²) < 4.78 is 5.55. The topological polar surface area (TPSA) is 50.7 Å². The van der Waals surface area contributed by atoms with Crippen molar-refractivity contribution in [3.05, 3.63) is 77.9 Å². The Hall–Kier alpha value is -3.14. The van der Waals surface area contributed by atoms with E-state index in [-0.39, 0.29) is 12.5 Å².